The van der Waals surface area contributed by atoms with Crippen molar-refractivity contribution in [2.75, 3.05) is 19.6 Å². The maximum absolute atomic E-state index is 11.2. The zero-order valence-corrected chi connectivity index (χ0v) is 9.64. The van der Waals surface area contributed by atoms with Crippen molar-refractivity contribution in [1.82, 2.24) is 4.90 Å². The van der Waals surface area contributed by atoms with Gasteiger partial charge in [-0.2, -0.15) is 0 Å². The molecule has 16 heavy (non-hydrogen) atoms. The van der Waals surface area contributed by atoms with Gasteiger partial charge >= 0.3 is 0 Å². The average molecular weight is 217 g/mol. The van der Waals surface area contributed by atoms with E-state index in [1.54, 1.807) is 0 Å². The Morgan fingerprint density at radius 2 is 1.81 bits per heavy atom. The Kier molecular flexibility index (Phi) is 4.11. The summed E-state index contributed by atoms with van der Waals surface area (Å²) in [5.41, 5.74) is 1.14. The van der Waals surface area contributed by atoms with Crippen molar-refractivity contribution in [3.63, 3.8) is 0 Å². The van der Waals surface area contributed by atoms with E-state index in [9.17, 15) is 4.79 Å². The number of aldehydes is 1. The second-order valence-corrected chi connectivity index (χ2v) is 4.51. The maximum Gasteiger partial charge on any atom is 0.128 e. The van der Waals surface area contributed by atoms with E-state index in [-0.39, 0.29) is 5.92 Å². The van der Waals surface area contributed by atoms with Crippen LogP contribution in [0.4, 0.5) is 0 Å². The number of nitrogens with zero attached hydrogens (tertiary/aromatic N) is 1. The molecule has 1 fully saturated rings. The molecule has 2 nitrogen and oxygen atoms in total. The van der Waals surface area contributed by atoms with Gasteiger partial charge in [-0.25, -0.2) is 0 Å². The van der Waals surface area contributed by atoms with E-state index in [1.165, 1.54) is 19.3 Å². The van der Waals surface area contributed by atoms with Gasteiger partial charge in [-0.1, -0.05) is 36.8 Å². The molecule has 2 rings (SSSR count). The smallest absolute Gasteiger partial charge is 0.128 e. The highest BCUT2D eigenvalue weighted by molar-refractivity contribution is 5.62. The fraction of sp³-hybridized carbons (Fsp3) is 0.500. The third-order valence-electron chi connectivity index (χ3n) is 3.30. The third-order valence-corrected chi connectivity index (χ3v) is 3.30. The van der Waals surface area contributed by atoms with Crippen LogP contribution in [0.1, 0.15) is 30.7 Å². The molecule has 0 N–H and O–H groups in total. The van der Waals surface area contributed by atoms with E-state index >= 15 is 0 Å². The minimum absolute atomic E-state index is 0.0410. The summed E-state index contributed by atoms with van der Waals surface area (Å²) in [6.45, 7) is 3.18. The SMILES string of the molecule is O=CC(CN1CCCCC1)c1ccccc1. The molecule has 1 aromatic rings. The van der Waals surface area contributed by atoms with Crippen LogP contribution in [0.5, 0.6) is 0 Å². The Bertz CT molecular complexity index is 317. The molecule has 2 heteroatoms. The third kappa shape index (κ3) is 2.92. The van der Waals surface area contributed by atoms with Gasteiger partial charge in [0.1, 0.15) is 6.29 Å². The Hall–Kier alpha value is -1.15. The van der Waals surface area contributed by atoms with Crippen LogP contribution in [0.3, 0.4) is 0 Å². The summed E-state index contributed by atoms with van der Waals surface area (Å²) in [5.74, 6) is 0.0410. The Balaban J connectivity index is 1.97. The predicted octanol–water partition coefficient (Wildman–Crippen LogP) is 2.46. The zero-order valence-electron chi connectivity index (χ0n) is 9.64. The van der Waals surface area contributed by atoms with E-state index in [1.807, 2.05) is 30.3 Å². The van der Waals surface area contributed by atoms with Crippen molar-refractivity contribution in [2.24, 2.45) is 0 Å². The fourth-order valence-electron chi connectivity index (χ4n) is 2.35. The van der Waals surface area contributed by atoms with Gasteiger partial charge < -0.3 is 9.69 Å². The summed E-state index contributed by atoms with van der Waals surface area (Å²) in [5, 5.41) is 0. The molecule has 1 unspecified atom stereocenters. The molecule has 0 aromatic heterocycles. The quantitative estimate of drug-likeness (QED) is 0.722. The van der Waals surface area contributed by atoms with Crippen LogP contribution in [0.2, 0.25) is 0 Å². The van der Waals surface area contributed by atoms with E-state index in [2.05, 4.69) is 4.90 Å². The van der Waals surface area contributed by atoms with E-state index in [0.717, 1.165) is 31.5 Å². The van der Waals surface area contributed by atoms with Crippen LogP contribution in [-0.4, -0.2) is 30.8 Å². The second kappa shape index (κ2) is 5.80. The molecular formula is C14H19NO. The minimum Gasteiger partial charge on any atom is -0.303 e. The summed E-state index contributed by atoms with van der Waals surface area (Å²) < 4.78 is 0. The van der Waals surface area contributed by atoms with Crippen molar-refractivity contribution < 1.29 is 4.79 Å². The Morgan fingerprint density at radius 1 is 1.12 bits per heavy atom. The first-order valence-corrected chi connectivity index (χ1v) is 6.13. The van der Waals surface area contributed by atoms with Crippen molar-refractivity contribution in [2.45, 2.75) is 25.2 Å². The summed E-state index contributed by atoms with van der Waals surface area (Å²) in [6, 6.07) is 10.1. The first-order valence-electron chi connectivity index (χ1n) is 6.13. The van der Waals surface area contributed by atoms with Crippen molar-refractivity contribution in [1.29, 1.82) is 0 Å². The van der Waals surface area contributed by atoms with Crippen LogP contribution in [0.25, 0.3) is 0 Å². The lowest BCUT2D eigenvalue weighted by Crippen LogP contribution is -2.33. The number of hydrogen-bond acceptors (Lipinski definition) is 2. The Morgan fingerprint density at radius 3 is 2.44 bits per heavy atom. The number of likely N-dealkylation sites (tertiary alicyclic amines) is 1. The topological polar surface area (TPSA) is 20.3 Å². The number of hydrogen-bond donors (Lipinski definition) is 0. The molecule has 0 spiro atoms. The molecule has 0 aliphatic carbocycles. The highest BCUT2D eigenvalue weighted by Crippen LogP contribution is 2.17. The lowest BCUT2D eigenvalue weighted by Gasteiger charge is -2.28. The average Bonchev–Trinajstić information content (AvgIpc) is 2.38. The van der Waals surface area contributed by atoms with Crippen LogP contribution in [0, 0.1) is 0 Å². The monoisotopic (exact) mass is 217 g/mol. The predicted molar refractivity (Wildman–Crippen MR) is 65.5 cm³/mol. The minimum atomic E-state index is 0.0410. The van der Waals surface area contributed by atoms with Crippen LogP contribution < -0.4 is 0 Å². The lowest BCUT2D eigenvalue weighted by atomic mass is 9.99. The van der Waals surface area contributed by atoms with Crippen molar-refractivity contribution >= 4 is 6.29 Å². The molecule has 86 valence electrons. The Labute approximate surface area is 97.3 Å². The summed E-state index contributed by atoms with van der Waals surface area (Å²) >= 11 is 0. The molecule has 0 saturated carbocycles. The van der Waals surface area contributed by atoms with Gasteiger partial charge in [0.2, 0.25) is 0 Å². The second-order valence-electron chi connectivity index (χ2n) is 4.51. The first-order chi connectivity index (χ1) is 7.90. The molecule has 0 amide bonds. The van der Waals surface area contributed by atoms with Gasteiger partial charge in [0, 0.05) is 6.54 Å². The highest BCUT2D eigenvalue weighted by atomic mass is 16.1. The van der Waals surface area contributed by atoms with Gasteiger partial charge in [-0.05, 0) is 31.5 Å². The maximum atomic E-state index is 11.2. The number of carbonyl (C=O) groups excluding carboxylic acids is 1. The van der Waals surface area contributed by atoms with Gasteiger partial charge in [0.15, 0.2) is 0 Å². The van der Waals surface area contributed by atoms with E-state index < -0.39 is 0 Å². The summed E-state index contributed by atoms with van der Waals surface area (Å²) in [7, 11) is 0. The van der Waals surface area contributed by atoms with Crippen molar-refractivity contribution in [3.05, 3.63) is 35.9 Å². The fourth-order valence-corrected chi connectivity index (χ4v) is 2.35. The molecule has 1 saturated heterocycles. The summed E-state index contributed by atoms with van der Waals surface area (Å²) in [4.78, 5) is 13.6. The molecule has 1 aromatic carbocycles. The van der Waals surface area contributed by atoms with Gasteiger partial charge in [-0.15, -0.1) is 0 Å². The molecule has 0 radical (unpaired) electrons. The van der Waals surface area contributed by atoms with Gasteiger partial charge in [-0.3, -0.25) is 0 Å². The molecule has 1 aliphatic rings. The molecule has 1 heterocycles. The largest absolute Gasteiger partial charge is 0.303 e. The van der Waals surface area contributed by atoms with Crippen LogP contribution in [-0.2, 0) is 4.79 Å². The van der Waals surface area contributed by atoms with Gasteiger partial charge in [0.25, 0.3) is 0 Å². The normalized spacial score (nSPS) is 19.2. The molecule has 1 aliphatic heterocycles. The first kappa shape index (κ1) is 11.3. The number of benzene rings is 1. The summed E-state index contributed by atoms with van der Waals surface area (Å²) in [6.07, 6.45) is 4.98. The lowest BCUT2D eigenvalue weighted by molar-refractivity contribution is -0.109. The van der Waals surface area contributed by atoms with E-state index in [0.29, 0.717) is 0 Å². The highest BCUT2D eigenvalue weighted by Gasteiger charge is 2.16. The number of carbonyl (C=O) groups is 1. The number of piperidine rings is 1. The molecule has 1 atom stereocenters. The molecule has 0 bridgehead atoms. The van der Waals surface area contributed by atoms with Gasteiger partial charge in [0.05, 0.1) is 5.92 Å². The van der Waals surface area contributed by atoms with E-state index in [4.69, 9.17) is 0 Å². The molecular weight excluding hydrogens is 198 g/mol. The van der Waals surface area contributed by atoms with Crippen molar-refractivity contribution in [3.8, 4) is 0 Å². The zero-order chi connectivity index (χ0) is 11.2. The number of rotatable bonds is 4. The van der Waals surface area contributed by atoms with Crippen LogP contribution >= 0.6 is 0 Å². The standard InChI is InChI=1S/C14H19NO/c16-12-14(13-7-3-1-4-8-13)11-15-9-5-2-6-10-15/h1,3-4,7-8,12,14H,2,5-6,9-11H2. The van der Waals surface area contributed by atoms with Crippen LogP contribution in [0.15, 0.2) is 30.3 Å².